The molecular formula is C14H18F3NO2. The summed E-state index contributed by atoms with van der Waals surface area (Å²) in [5.74, 6) is 0.198. The van der Waals surface area contributed by atoms with Gasteiger partial charge < -0.3 is 15.2 Å². The summed E-state index contributed by atoms with van der Waals surface area (Å²) in [6.45, 7) is -0.296. The average molecular weight is 289 g/mol. The molecule has 1 aliphatic carbocycles. The van der Waals surface area contributed by atoms with E-state index in [1.807, 2.05) is 0 Å². The van der Waals surface area contributed by atoms with Crippen molar-refractivity contribution in [3.8, 4) is 5.75 Å². The van der Waals surface area contributed by atoms with Crippen LogP contribution in [0.25, 0.3) is 0 Å². The van der Waals surface area contributed by atoms with Crippen molar-refractivity contribution in [3.63, 3.8) is 0 Å². The summed E-state index contributed by atoms with van der Waals surface area (Å²) in [6, 6.07) is 6.53. The SMILES string of the molecule is OC1(CNCc2cccc(OCC(F)(F)F)c2)CCC1. The largest absolute Gasteiger partial charge is 0.484 e. The Hall–Kier alpha value is -1.27. The number of nitrogens with one attached hydrogen (secondary N) is 1. The minimum Gasteiger partial charge on any atom is -0.484 e. The Morgan fingerprint density at radius 1 is 1.30 bits per heavy atom. The highest BCUT2D eigenvalue weighted by atomic mass is 19.4. The molecule has 0 atom stereocenters. The number of rotatable bonds is 6. The van der Waals surface area contributed by atoms with Crippen LogP contribution in [0.5, 0.6) is 5.75 Å². The van der Waals surface area contributed by atoms with Crippen LogP contribution in [0.3, 0.4) is 0 Å². The summed E-state index contributed by atoms with van der Waals surface area (Å²) in [5, 5.41) is 13.0. The molecule has 20 heavy (non-hydrogen) atoms. The Bertz CT molecular complexity index is 444. The van der Waals surface area contributed by atoms with Crippen LogP contribution in [-0.2, 0) is 6.54 Å². The fourth-order valence-corrected chi connectivity index (χ4v) is 2.11. The van der Waals surface area contributed by atoms with Crippen molar-refractivity contribution in [2.45, 2.75) is 37.6 Å². The third-order valence-corrected chi connectivity index (χ3v) is 3.37. The first-order valence-corrected chi connectivity index (χ1v) is 6.58. The first-order valence-electron chi connectivity index (χ1n) is 6.58. The van der Waals surface area contributed by atoms with Gasteiger partial charge in [-0.1, -0.05) is 12.1 Å². The van der Waals surface area contributed by atoms with E-state index in [1.54, 1.807) is 18.2 Å². The van der Waals surface area contributed by atoms with Crippen molar-refractivity contribution < 1.29 is 23.0 Å². The van der Waals surface area contributed by atoms with Gasteiger partial charge in [0.25, 0.3) is 0 Å². The number of alkyl halides is 3. The molecule has 112 valence electrons. The van der Waals surface area contributed by atoms with Gasteiger partial charge in [0.05, 0.1) is 5.60 Å². The monoisotopic (exact) mass is 289 g/mol. The molecule has 0 amide bonds. The second-order valence-electron chi connectivity index (χ2n) is 5.23. The second kappa shape index (κ2) is 6.01. The summed E-state index contributed by atoms with van der Waals surface area (Å²) < 4.78 is 40.9. The molecule has 2 N–H and O–H groups in total. The van der Waals surface area contributed by atoms with Crippen LogP contribution in [0.15, 0.2) is 24.3 Å². The molecule has 0 aromatic heterocycles. The molecule has 0 bridgehead atoms. The van der Waals surface area contributed by atoms with Gasteiger partial charge in [-0.25, -0.2) is 0 Å². The summed E-state index contributed by atoms with van der Waals surface area (Å²) in [4.78, 5) is 0. The van der Waals surface area contributed by atoms with E-state index in [4.69, 9.17) is 0 Å². The predicted molar refractivity (Wildman–Crippen MR) is 68.5 cm³/mol. The van der Waals surface area contributed by atoms with E-state index >= 15 is 0 Å². The zero-order valence-electron chi connectivity index (χ0n) is 11.0. The Morgan fingerprint density at radius 2 is 2.05 bits per heavy atom. The van der Waals surface area contributed by atoms with Crippen LogP contribution in [0, 0.1) is 0 Å². The summed E-state index contributed by atoms with van der Waals surface area (Å²) in [6.07, 6.45) is -1.69. The van der Waals surface area contributed by atoms with Crippen molar-refractivity contribution >= 4 is 0 Å². The molecular weight excluding hydrogens is 271 g/mol. The number of hydrogen-bond donors (Lipinski definition) is 2. The highest BCUT2D eigenvalue weighted by molar-refractivity contribution is 5.28. The van der Waals surface area contributed by atoms with Crippen LogP contribution in [0.4, 0.5) is 13.2 Å². The molecule has 0 heterocycles. The lowest BCUT2D eigenvalue weighted by atomic mass is 9.80. The van der Waals surface area contributed by atoms with Gasteiger partial charge in [-0.15, -0.1) is 0 Å². The van der Waals surface area contributed by atoms with Crippen molar-refractivity contribution in [1.82, 2.24) is 5.32 Å². The fraction of sp³-hybridized carbons (Fsp3) is 0.571. The Morgan fingerprint density at radius 3 is 2.65 bits per heavy atom. The highest BCUT2D eigenvalue weighted by Gasteiger charge is 2.33. The van der Waals surface area contributed by atoms with Gasteiger partial charge in [0.15, 0.2) is 6.61 Å². The normalized spacial score (nSPS) is 17.6. The first-order chi connectivity index (χ1) is 9.36. The van der Waals surface area contributed by atoms with Crippen molar-refractivity contribution in [3.05, 3.63) is 29.8 Å². The third kappa shape index (κ3) is 4.68. The average Bonchev–Trinajstić information content (AvgIpc) is 2.34. The minimum absolute atomic E-state index is 0.198. The fourth-order valence-electron chi connectivity index (χ4n) is 2.11. The third-order valence-electron chi connectivity index (χ3n) is 3.37. The maximum atomic E-state index is 12.1. The summed E-state index contributed by atoms with van der Waals surface area (Å²) in [7, 11) is 0. The Kier molecular flexibility index (Phi) is 4.55. The Labute approximate surface area is 115 Å². The molecule has 1 fully saturated rings. The Balaban J connectivity index is 1.80. The molecule has 0 radical (unpaired) electrons. The molecule has 3 nitrogen and oxygen atoms in total. The van der Waals surface area contributed by atoms with Gasteiger partial charge in [-0.05, 0) is 37.0 Å². The number of aliphatic hydroxyl groups is 1. The van der Waals surface area contributed by atoms with Gasteiger partial charge in [-0.3, -0.25) is 0 Å². The molecule has 6 heteroatoms. The molecule has 0 unspecified atom stereocenters. The maximum Gasteiger partial charge on any atom is 0.422 e. The number of benzene rings is 1. The quantitative estimate of drug-likeness (QED) is 0.846. The van der Waals surface area contributed by atoms with E-state index in [0.717, 1.165) is 24.8 Å². The molecule has 1 saturated carbocycles. The number of halogens is 3. The van der Waals surface area contributed by atoms with Crippen LogP contribution >= 0.6 is 0 Å². The van der Waals surface area contributed by atoms with E-state index in [1.165, 1.54) is 6.07 Å². The van der Waals surface area contributed by atoms with Crippen molar-refractivity contribution in [2.24, 2.45) is 0 Å². The minimum atomic E-state index is -4.33. The van der Waals surface area contributed by atoms with Gasteiger partial charge in [0.1, 0.15) is 5.75 Å². The lowest BCUT2D eigenvalue weighted by molar-refractivity contribution is -0.153. The van der Waals surface area contributed by atoms with Gasteiger partial charge in [-0.2, -0.15) is 13.2 Å². The second-order valence-corrected chi connectivity index (χ2v) is 5.23. The zero-order chi connectivity index (χ0) is 14.6. The van der Waals surface area contributed by atoms with Crippen LogP contribution in [0.2, 0.25) is 0 Å². The first kappa shape index (κ1) is 15.1. The molecule has 0 saturated heterocycles. The highest BCUT2D eigenvalue weighted by Crippen LogP contribution is 2.30. The zero-order valence-corrected chi connectivity index (χ0v) is 11.0. The predicted octanol–water partition coefficient (Wildman–Crippen LogP) is 2.63. The van der Waals surface area contributed by atoms with E-state index in [9.17, 15) is 18.3 Å². The van der Waals surface area contributed by atoms with Crippen LogP contribution in [-0.4, -0.2) is 30.0 Å². The van der Waals surface area contributed by atoms with Gasteiger partial charge in [0.2, 0.25) is 0 Å². The summed E-state index contributed by atoms with van der Waals surface area (Å²) in [5.41, 5.74) is 0.220. The van der Waals surface area contributed by atoms with Gasteiger partial charge in [0, 0.05) is 13.1 Å². The van der Waals surface area contributed by atoms with Crippen LogP contribution in [0.1, 0.15) is 24.8 Å². The van der Waals surface area contributed by atoms with E-state index in [2.05, 4.69) is 10.1 Å². The molecule has 1 aromatic rings. The van der Waals surface area contributed by atoms with Crippen LogP contribution < -0.4 is 10.1 Å². The molecule has 0 spiro atoms. The van der Waals surface area contributed by atoms with Gasteiger partial charge >= 0.3 is 6.18 Å². The molecule has 1 aliphatic rings. The number of ether oxygens (including phenoxy) is 1. The lowest BCUT2D eigenvalue weighted by Gasteiger charge is -2.36. The van der Waals surface area contributed by atoms with E-state index < -0.39 is 18.4 Å². The number of hydrogen-bond acceptors (Lipinski definition) is 3. The lowest BCUT2D eigenvalue weighted by Crippen LogP contribution is -2.45. The smallest absolute Gasteiger partial charge is 0.422 e. The molecule has 0 aliphatic heterocycles. The van der Waals surface area contributed by atoms with E-state index in [-0.39, 0.29) is 5.75 Å². The van der Waals surface area contributed by atoms with E-state index in [0.29, 0.717) is 13.1 Å². The van der Waals surface area contributed by atoms with Crippen molar-refractivity contribution in [2.75, 3.05) is 13.2 Å². The topological polar surface area (TPSA) is 41.5 Å². The molecule has 2 rings (SSSR count). The molecule has 1 aromatic carbocycles. The standard InChI is InChI=1S/C14H18F3NO2/c15-14(16,17)10-20-12-4-1-3-11(7-12)8-18-9-13(19)5-2-6-13/h1,3-4,7,18-19H,2,5-6,8-10H2. The maximum absolute atomic E-state index is 12.1. The summed E-state index contributed by atoms with van der Waals surface area (Å²) >= 11 is 0. The van der Waals surface area contributed by atoms with Crippen molar-refractivity contribution in [1.29, 1.82) is 0 Å².